The minimum Gasteiger partial charge on any atom is -0.384 e. The summed E-state index contributed by atoms with van der Waals surface area (Å²) in [6.07, 6.45) is 5.22. The van der Waals surface area contributed by atoms with Crippen molar-refractivity contribution in [1.82, 2.24) is 4.90 Å². The monoisotopic (exact) mass is 285 g/mol. The van der Waals surface area contributed by atoms with Gasteiger partial charge in [0.05, 0.1) is 0 Å². The molecule has 2 nitrogen and oxygen atoms in total. The topological polar surface area (TPSA) is 23.5 Å². The van der Waals surface area contributed by atoms with Crippen LogP contribution in [0.2, 0.25) is 0 Å². The van der Waals surface area contributed by atoms with Gasteiger partial charge in [0.15, 0.2) is 0 Å². The van der Waals surface area contributed by atoms with E-state index in [1.165, 1.54) is 44.3 Å². The third kappa shape index (κ3) is 4.09. The molecule has 0 aromatic heterocycles. The molecule has 0 unspecified atom stereocenters. The third-order valence-corrected chi connectivity index (χ3v) is 5.13. The van der Waals surface area contributed by atoms with E-state index in [1.54, 1.807) is 0 Å². The molecule has 114 valence electrons. The van der Waals surface area contributed by atoms with Gasteiger partial charge in [0.2, 0.25) is 0 Å². The maximum atomic E-state index is 8.87. The molecule has 1 saturated heterocycles. The Morgan fingerprint density at radius 2 is 1.81 bits per heavy atom. The Hall–Kier alpha value is -1.30. The van der Waals surface area contributed by atoms with Gasteiger partial charge in [0.1, 0.15) is 6.61 Å². The lowest BCUT2D eigenvalue weighted by molar-refractivity contribution is 0.0908. The number of aliphatic hydroxyl groups excluding tert-OH is 1. The van der Waals surface area contributed by atoms with Crippen LogP contribution in [0.5, 0.6) is 0 Å². The second-order valence-electron chi connectivity index (χ2n) is 6.10. The number of aliphatic hydroxyl groups is 1. The van der Waals surface area contributed by atoms with E-state index >= 15 is 0 Å². The summed E-state index contributed by atoms with van der Waals surface area (Å²) in [5, 5.41) is 8.87. The maximum Gasteiger partial charge on any atom is 0.104 e. The molecule has 0 bridgehead atoms. The molecule has 0 amide bonds. The highest BCUT2D eigenvalue weighted by Crippen LogP contribution is 2.38. The standard InChI is InChI=1S/C19H27NO/c1-3-19(4-2)11-13-20(14-12-19)16-18-9-6-5-8-17(18)10-7-15-21/h5-6,8-9,21H,3-4,11-16H2,1-2H3. The van der Waals surface area contributed by atoms with Crippen LogP contribution in [0.3, 0.4) is 0 Å². The predicted molar refractivity (Wildman–Crippen MR) is 87.9 cm³/mol. The minimum atomic E-state index is -0.0758. The summed E-state index contributed by atoms with van der Waals surface area (Å²) in [6.45, 7) is 7.93. The normalized spacial score (nSPS) is 18.0. The SMILES string of the molecule is CCC1(CC)CCN(Cc2ccccc2C#CCO)CC1. The molecular weight excluding hydrogens is 258 g/mol. The lowest BCUT2D eigenvalue weighted by Crippen LogP contribution is -2.39. The maximum absolute atomic E-state index is 8.87. The van der Waals surface area contributed by atoms with Gasteiger partial charge in [-0.2, -0.15) is 0 Å². The Morgan fingerprint density at radius 1 is 1.14 bits per heavy atom. The zero-order chi connectivity index (χ0) is 15.1. The Labute approximate surface area is 129 Å². The molecule has 1 N–H and O–H groups in total. The van der Waals surface area contributed by atoms with Crippen LogP contribution in [0.4, 0.5) is 0 Å². The van der Waals surface area contributed by atoms with Crippen LogP contribution < -0.4 is 0 Å². The summed E-state index contributed by atoms with van der Waals surface area (Å²) >= 11 is 0. The molecule has 0 spiro atoms. The number of rotatable bonds is 4. The van der Waals surface area contributed by atoms with E-state index < -0.39 is 0 Å². The van der Waals surface area contributed by atoms with Crippen LogP contribution >= 0.6 is 0 Å². The first-order valence-electron chi connectivity index (χ1n) is 8.13. The average Bonchev–Trinajstić information content (AvgIpc) is 2.55. The Morgan fingerprint density at radius 3 is 2.43 bits per heavy atom. The zero-order valence-corrected chi connectivity index (χ0v) is 13.4. The van der Waals surface area contributed by atoms with Crippen LogP contribution in [0, 0.1) is 17.3 Å². The second-order valence-corrected chi connectivity index (χ2v) is 6.10. The van der Waals surface area contributed by atoms with Crippen molar-refractivity contribution in [3.8, 4) is 11.8 Å². The fourth-order valence-electron chi connectivity index (χ4n) is 3.30. The Bertz CT molecular complexity index is 498. The molecule has 21 heavy (non-hydrogen) atoms. The van der Waals surface area contributed by atoms with Crippen LogP contribution in [-0.4, -0.2) is 29.7 Å². The van der Waals surface area contributed by atoms with Gasteiger partial charge < -0.3 is 5.11 Å². The molecule has 1 heterocycles. The molecule has 2 rings (SSSR count). The quantitative estimate of drug-likeness (QED) is 0.857. The average molecular weight is 285 g/mol. The summed E-state index contributed by atoms with van der Waals surface area (Å²) in [5.41, 5.74) is 2.90. The number of hydrogen-bond acceptors (Lipinski definition) is 2. The number of likely N-dealkylation sites (tertiary alicyclic amines) is 1. The van der Waals surface area contributed by atoms with E-state index in [-0.39, 0.29) is 6.61 Å². The minimum absolute atomic E-state index is 0.0758. The van der Waals surface area contributed by atoms with Crippen molar-refractivity contribution in [1.29, 1.82) is 0 Å². The summed E-state index contributed by atoms with van der Waals surface area (Å²) in [7, 11) is 0. The van der Waals surface area contributed by atoms with Crippen molar-refractivity contribution < 1.29 is 5.11 Å². The zero-order valence-electron chi connectivity index (χ0n) is 13.4. The molecule has 1 aromatic rings. The Kier molecular flexibility index (Phi) is 5.85. The molecule has 1 aliphatic rings. The first-order valence-corrected chi connectivity index (χ1v) is 8.13. The first-order chi connectivity index (χ1) is 10.2. The summed E-state index contributed by atoms with van der Waals surface area (Å²) in [6, 6.07) is 8.29. The van der Waals surface area contributed by atoms with Gasteiger partial charge in [0.25, 0.3) is 0 Å². The van der Waals surface area contributed by atoms with Crippen LogP contribution in [-0.2, 0) is 6.54 Å². The molecular formula is C19H27NO. The van der Waals surface area contributed by atoms with E-state index in [1.807, 2.05) is 12.1 Å². The fraction of sp³-hybridized carbons (Fsp3) is 0.579. The molecule has 0 radical (unpaired) electrons. The van der Waals surface area contributed by atoms with Gasteiger partial charge in [-0.3, -0.25) is 4.90 Å². The number of benzene rings is 1. The van der Waals surface area contributed by atoms with Gasteiger partial charge in [-0.15, -0.1) is 0 Å². The van der Waals surface area contributed by atoms with Crippen LogP contribution in [0.1, 0.15) is 50.7 Å². The fourth-order valence-corrected chi connectivity index (χ4v) is 3.30. The molecule has 0 atom stereocenters. The van der Waals surface area contributed by atoms with Crippen molar-refractivity contribution in [2.24, 2.45) is 5.41 Å². The number of hydrogen-bond donors (Lipinski definition) is 1. The lowest BCUT2D eigenvalue weighted by Gasteiger charge is -2.41. The van der Waals surface area contributed by atoms with E-state index in [0.29, 0.717) is 5.41 Å². The number of nitrogens with zero attached hydrogens (tertiary/aromatic N) is 1. The van der Waals surface area contributed by atoms with Crippen LogP contribution in [0.25, 0.3) is 0 Å². The van der Waals surface area contributed by atoms with Crippen molar-refractivity contribution in [3.05, 3.63) is 35.4 Å². The summed E-state index contributed by atoms with van der Waals surface area (Å²) < 4.78 is 0. The van der Waals surface area contributed by atoms with Crippen molar-refractivity contribution in [2.75, 3.05) is 19.7 Å². The molecule has 0 saturated carbocycles. The van der Waals surface area contributed by atoms with E-state index in [9.17, 15) is 0 Å². The van der Waals surface area contributed by atoms with Gasteiger partial charge in [-0.1, -0.05) is 56.7 Å². The molecule has 1 aliphatic heterocycles. The molecule has 0 aliphatic carbocycles. The van der Waals surface area contributed by atoms with Crippen molar-refractivity contribution in [2.45, 2.75) is 46.1 Å². The van der Waals surface area contributed by atoms with Gasteiger partial charge in [0, 0.05) is 12.1 Å². The van der Waals surface area contributed by atoms with E-state index in [2.05, 4.69) is 42.7 Å². The Balaban J connectivity index is 2.01. The summed E-state index contributed by atoms with van der Waals surface area (Å²) in [5.74, 6) is 5.83. The molecule has 1 aromatic carbocycles. The molecule has 1 fully saturated rings. The van der Waals surface area contributed by atoms with E-state index in [4.69, 9.17) is 5.11 Å². The highest BCUT2D eigenvalue weighted by molar-refractivity contribution is 5.41. The lowest BCUT2D eigenvalue weighted by atomic mass is 9.74. The van der Waals surface area contributed by atoms with Crippen molar-refractivity contribution >= 4 is 0 Å². The van der Waals surface area contributed by atoms with E-state index in [0.717, 1.165) is 12.1 Å². The largest absolute Gasteiger partial charge is 0.384 e. The highest BCUT2D eigenvalue weighted by Gasteiger charge is 2.31. The number of piperidine rings is 1. The van der Waals surface area contributed by atoms with Crippen LogP contribution in [0.15, 0.2) is 24.3 Å². The van der Waals surface area contributed by atoms with Gasteiger partial charge in [-0.05, 0) is 43.0 Å². The molecule has 2 heteroatoms. The smallest absolute Gasteiger partial charge is 0.104 e. The summed E-state index contributed by atoms with van der Waals surface area (Å²) in [4.78, 5) is 2.54. The van der Waals surface area contributed by atoms with Gasteiger partial charge >= 0.3 is 0 Å². The van der Waals surface area contributed by atoms with Gasteiger partial charge in [-0.25, -0.2) is 0 Å². The third-order valence-electron chi connectivity index (χ3n) is 5.13. The first kappa shape index (κ1) is 16.1. The van der Waals surface area contributed by atoms with Crippen molar-refractivity contribution in [3.63, 3.8) is 0 Å². The highest BCUT2D eigenvalue weighted by atomic mass is 16.2. The second kappa shape index (κ2) is 7.64. The predicted octanol–water partition coefficient (Wildman–Crippen LogP) is 3.43.